The largest absolute Gasteiger partial charge is 0.486 e. The van der Waals surface area contributed by atoms with Crippen LogP contribution in [0.15, 0.2) is 36.5 Å². The quantitative estimate of drug-likeness (QED) is 0.935. The van der Waals surface area contributed by atoms with Crippen LogP contribution in [0.5, 0.6) is 5.75 Å². The van der Waals surface area contributed by atoms with E-state index in [2.05, 4.69) is 4.98 Å². The van der Waals surface area contributed by atoms with Gasteiger partial charge in [0.05, 0.1) is 16.3 Å². The summed E-state index contributed by atoms with van der Waals surface area (Å²) in [6, 6.07) is 7.83. The van der Waals surface area contributed by atoms with Crippen molar-refractivity contribution >= 4 is 29.2 Å². The maximum absolute atomic E-state index is 11.0. The molecule has 0 saturated heterocycles. The maximum Gasteiger partial charge on any atom is 0.337 e. The molecule has 4 nitrogen and oxygen atoms in total. The maximum atomic E-state index is 11.0. The first-order valence-electron chi connectivity index (χ1n) is 5.33. The van der Waals surface area contributed by atoms with E-state index in [1.807, 2.05) is 0 Å². The molecule has 0 atom stereocenters. The van der Waals surface area contributed by atoms with Gasteiger partial charge in [0.2, 0.25) is 0 Å². The standard InChI is InChI=1S/C13H9Cl2NO3/c14-8-3-4-10(15)12(6-8)19-7-11-9(13(17)18)2-1-5-16-11/h1-6H,7H2,(H,17,18). The number of hydrogen-bond donors (Lipinski definition) is 1. The zero-order chi connectivity index (χ0) is 13.8. The number of aromatic nitrogens is 1. The SMILES string of the molecule is O=C(O)c1cccnc1COc1cc(Cl)ccc1Cl. The van der Waals surface area contributed by atoms with Gasteiger partial charge in [-0.25, -0.2) is 4.79 Å². The van der Waals surface area contributed by atoms with Crippen molar-refractivity contribution in [2.45, 2.75) is 6.61 Å². The van der Waals surface area contributed by atoms with Crippen molar-refractivity contribution in [2.75, 3.05) is 0 Å². The summed E-state index contributed by atoms with van der Waals surface area (Å²) in [5, 5.41) is 9.90. The number of aromatic carboxylic acids is 1. The smallest absolute Gasteiger partial charge is 0.337 e. The molecule has 1 N–H and O–H groups in total. The van der Waals surface area contributed by atoms with Crippen LogP contribution in [0.1, 0.15) is 16.1 Å². The Kier molecular flexibility index (Phi) is 4.24. The molecular weight excluding hydrogens is 289 g/mol. The highest BCUT2D eigenvalue weighted by Crippen LogP contribution is 2.28. The second-order valence-corrected chi connectivity index (χ2v) is 4.51. The van der Waals surface area contributed by atoms with Crippen LogP contribution < -0.4 is 4.74 Å². The Bertz CT molecular complexity index is 617. The molecule has 0 aliphatic heterocycles. The first-order chi connectivity index (χ1) is 9.08. The van der Waals surface area contributed by atoms with E-state index in [-0.39, 0.29) is 12.2 Å². The Labute approximate surface area is 119 Å². The predicted molar refractivity (Wildman–Crippen MR) is 72.0 cm³/mol. The van der Waals surface area contributed by atoms with Crippen molar-refractivity contribution < 1.29 is 14.6 Å². The van der Waals surface area contributed by atoms with E-state index < -0.39 is 5.97 Å². The number of rotatable bonds is 4. The van der Waals surface area contributed by atoms with Crippen molar-refractivity contribution in [3.8, 4) is 5.75 Å². The number of nitrogens with zero attached hydrogens (tertiary/aromatic N) is 1. The highest BCUT2D eigenvalue weighted by atomic mass is 35.5. The lowest BCUT2D eigenvalue weighted by Gasteiger charge is -2.09. The summed E-state index contributed by atoms with van der Waals surface area (Å²) < 4.78 is 5.45. The van der Waals surface area contributed by atoms with Crippen molar-refractivity contribution in [1.29, 1.82) is 0 Å². The normalized spacial score (nSPS) is 10.2. The second-order valence-electron chi connectivity index (χ2n) is 3.67. The van der Waals surface area contributed by atoms with Gasteiger partial charge in [-0.05, 0) is 24.3 Å². The zero-order valence-electron chi connectivity index (χ0n) is 9.64. The Balaban J connectivity index is 2.19. The molecule has 1 aromatic carbocycles. The van der Waals surface area contributed by atoms with Gasteiger partial charge in [0.25, 0.3) is 0 Å². The molecule has 98 valence electrons. The molecule has 1 heterocycles. The number of halogens is 2. The minimum atomic E-state index is -1.05. The first kappa shape index (κ1) is 13.6. The summed E-state index contributed by atoms with van der Waals surface area (Å²) in [7, 11) is 0. The fourth-order valence-electron chi connectivity index (χ4n) is 1.48. The van der Waals surface area contributed by atoms with Gasteiger partial charge < -0.3 is 9.84 Å². The van der Waals surface area contributed by atoms with Crippen molar-refractivity contribution in [1.82, 2.24) is 4.98 Å². The molecule has 0 radical (unpaired) electrons. The number of carboxylic acids is 1. The van der Waals surface area contributed by atoms with Crippen LogP contribution in [0.25, 0.3) is 0 Å². The Morgan fingerprint density at radius 3 is 2.84 bits per heavy atom. The summed E-state index contributed by atoms with van der Waals surface area (Å²) in [4.78, 5) is 15.0. The third-order valence-corrected chi connectivity index (χ3v) is 2.93. The molecule has 2 aromatic rings. The van der Waals surface area contributed by atoms with Crippen LogP contribution in [-0.2, 0) is 6.61 Å². The summed E-state index contributed by atoms with van der Waals surface area (Å²) in [5.41, 5.74) is 0.423. The van der Waals surface area contributed by atoms with Crippen LogP contribution in [-0.4, -0.2) is 16.1 Å². The molecule has 1 aromatic heterocycles. The number of carboxylic acid groups (broad SMARTS) is 1. The summed E-state index contributed by atoms with van der Waals surface area (Å²) in [5.74, 6) is -0.667. The molecule has 0 aliphatic rings. The van der Waals surface area contributed by atoms with E-state index >= 15 is 0 Å². The lowest BCUT2D eigenvalue weighted by molar-refractivity contribution is 0.0693. The highest BCUT2D eigenvalue weighted by Gasteiger charge is 2.12. The molecule has 2 rings (SSSR count). The first-order valence-corrected chi connectivity index (χ1v) is 6.08. The average Bonchev–Trinajstić information content (AvgIpc) is 2.40. The van der Waals surface area contributed by atoms with E-state index in [0.29, 0.717) is 21.5 Å². The van der Waals surface area contributed by atoms with Crippen molar-refractivity contribution in [2.24, 2.45) is 0 Å². The third-order valence-electron chi connectivity index (χ3n) is 2.38. The topological polar surface area (TPSA) is 59.4 Å². The van der Waals surface area contributed by atoms with Crippen molar-refractivity contribution in [3.05, 3.63) is 57.8 Å². The third kappa shape index (κ3) is 3.36. The van der Waals surface area contributed by atoms with Gasteiger partial charge in [-0.1, -0.05) is 23.2 Å². The van der Waals surface area contributed by atoms with Gasteiger partial charge in [-0.15, -0.1) is 0 Å². The number of pyridine rings is 1. The molecule has 0 unspecified atom stereocenters. The predicted octanol–water partition coefficient (Wildman–Crippen LogP) is 3.67. The zero-order valence-corrected chi connectivity index (χ0v) is 11.1. The summed E-state index contributed by atoms with van der Waals surface area (Å²) in [6.45, 7) is 0.00252. The van der Waals surface area contributed by atoms with Gasteiger partial charge in [0, 0.05) is 17.3 Å². The fraction of sp³-hybridized carbons (Fsp3) is 0.0769. The van der Waals surface area contributed by atoms with E-state index in [1.54, 1.807) is 24.3 Å². The van der Waals surface area contributed by atoms with E-state index in [1.165, 1.54) is 12.3 Å². The van der Waals surface area contributed by atoms with Gasteiger partial charge in [0.1, 0.15) is 12.4 Å². The van der Waals surface area contributed by atoms with Crippen molar-refractivity contribution in [3.63, 3.8) is 0 Å². The number of ether oxygens (including phenoxy) is 1. The van der Waals surface area contributed by atoms with Crippen LogP contribution in [0.3, 0.4) is 0 Å². The molecule has 0 aliphatic carbocycles. The van der Waals surface area contributed by atoms with E-state index in [0.717, 1.165) is 0 Å². The van der Waals surface area contributed by atoms with Gasteiger partial charge in [0.15, 0.2) is 0 Å². The Morgan fingerprint density at radius 1 is 1.32 bits per heavy atom. The molecular formula is C13H9Cl2NO3. The van der Waals surface area contributed by atoms with E-state index in [4.69, 9.17) is 33.0 Å². The number of hydrogen-bond acceptors (Lipinski definition) is 3. The van der Waals surface area contributed by atoms with Crippen LogP contribution in [0, 0.1) is 0 Å². The lowest BCUT2D eigenvalue weighted by atomic mass is 10.2. The molecule has 0 spiro atoms. The molecule has 0 fully saturated rings. The molecule has 0 amide bonds. The summed E-state index contributed by atoms with van der Waals surface area (Å²) in [6.07, 6.45) is 1.50. The van der Waals surface area contributed by atoms with E-state index in [9.17, 15) is 4.79 Å². The van der Waals surface area contributed by atoms with Crippen LogP contribution in [0.4, 0.5) is 0 Å². The summed E-state index contributed by atoms with van der Waals surface area (Å²) >= 11 is 11.8. The Morgan fingerprint density at radius 2 is 2.11 bits per heavy atom. The fourth-order valence-corrected chi connectivity index (χ4v) is 1.82. The minimum Gasteiger partial charge on any atom is -0.486 e. The van der Waals surface area contributed by atoms with Gasteiger partial charge >= 0.3 is 5.97 Å². The molecule has 0 saturated carbocycles. The van der Waals surface area contributed by atoms with Crippen LogP contribution in [0.2, 0.25) is 10.0 Å². The monoisotopic (exact) mass is 297 g/mol. The molecule has 0 bridgehead atoms. The van der Waals surface area contributed by atoms with Gasteiger partial charge in [-0.3, -0.25) is 4.98 Å². The molecule has 6 heteroatoms. The average molecular weight is 298 g/mol. The lowest BCUT2D eigenvalue weighted by Crippen LogP contribution is -2.07. The number of carbonyl (C=O) groups is 1. The Hall–Kier alpha value is -1.78. The van der Waals surface area contributed by atoms with Gasteiger partial charge in [-0.2, -0.15) is 0 Å². The van der Waals surface area contributed by atoms with Crippen LogP contribution >= 0.6 is 23.2 Å². The number of benzene rings is 1. The minimum absolute atomic E-state index is 0.00252. The highest BCUT2D eigenvalue weighted by molar-refractivity contribution is 6.34. The second kappa shape index (κ2) is 5.91. The molecule has 19 heavy (non-hydrogen) atoms.